The maximum absolute atomic E-state index is 9.67. The average Bonchev–Trinajstić information content (AvgIpc) is 3.19. The van der Waals surface area contributed by atoms with Crippen LogP contribution in [0.4, 0.5) is 11.4 Å². The summed E-state index contributed by atoms with van der Waals surface area (Å²) in [5, 5.41) is 12.4. The van der Waals surface area contributed by atoms with Crippen LogP contribution in [0.5, 0.6) is 5.75 Å². The predicted molar refractivity (Wildman–Crippen MR) is 128 cm³/mol. The van der Waals surface area contributed by atoms with Crippen LogP contribution in [0, 0.1) is 0 Å². The monoisotopic (exact) mass is 429 g/mol. The van der Waals surface area contributed by atoms with Gasteiger partial charge in [-0.05, 0) is 86.0 Å². The highest BCUT2D eigenvalue weighted by molar-refractivity contribution is 8.00. The van der Waals surface area contributed by atoms with Crippen molar-refractivity contribution in [2.75, 3.05) is 43.9 Å². The van der Waals surface area contributed by atoms with Crippen LogP contribution in [0.25, 0.3) is 10.8 Å². The minimum atomic E-state index is 0.0748. The highest BCUT2D eigenvalue weighted by Gasteiger charge is 2.06. The van der Waals surface area contributed by atoms with Gasteiger partial charge in [-0.3, -0.25) is 0 Å². The Bertz CT molecular complexity index is 958. The van der Waals surface area contributed by atoms with Crippen LogP contribution in [-0.2, 0) is 0 Å². The number of anilines is 2. The van der Waals surface area contributed by atoms with E-state index in [1.165, 1.54) is 54.3 Å². The molecule has 1 aliphatic heterocycles. The Hall–Kier alpha value is -2.08. The fraction of sp³-hybridized carbons (Fsp3) is 0.304. The van der Waals surface area contributed by atoms with Gasteiger partial charge in [-0.25, -0.2) is 0 Å². The number of fused-ring (bicyclic) bond motifs is 1. The van der Waals surface area contributed by atoms with Crippen molar-refractivity contribution in [2.45, 2.75) is 17.7 Å². The van der Waals surface area contributed by atoms with E-state index in [1.807, 2.05) is 26.2 Å². The summed E-state index contributed by atoms with van der Waals surface area (Å²) in [6, 6.07) is 17.8. The Morgan fingerprint density at radius 3 is 2.41 bits per heavy atom. The molecule has 1 heterocycles. The van der Waals surface area contributed by atoms with Gasteiger partial charge in [-0.1, -0.05) is 29.8 Å². The summed E-state index contributed by atoms with van der Waals surface area (Å²) in [6.45, 7) is 2.64. The molecule has 1 saturated heterocycles. The first-order valence-corrected chi connectivity index (χ1v) is 10.9. The van der Waals surface area contributed by atoms with E-state index in [4.69, 9.17) is 11.6 Å². The van der Waals surface area contributed by atoms with Crippen LogP contribution in [0.3, 0.4) is 0 Å². The summed E-state index contributed by atoms with van der Waals surface area (Å²) in [7, 11) is 6.25. The number of benzene rings is 3. The Labute approximate surface area is 182 Å². The van der Waals surface area contributed by atoms with Gasteiger partial charge in [0.25, 0.3) is 0 Å². The Morgan fingerprint density at radius 2 is 1.79 bits per heavy atom. The highest BCUT2D eigenvalue weighted by atomic mass is 35.5. The molecular formula is C23H28ClN3OS. The minimum absolute atomic E-state index is 0.0748. The maximum atomic E-state index is 9.67. The largest absolute Gasteiger partial charge is 0.506 e. The molecule has 0 saturated carbocycles. The van der Waals surface area contributed by atoms with E-state index in [1.54, 1.807) is 12.1 Å². The third-order valence-electron chi connectivity index (χ3n) is 4.90. The van der Waals surface area contributed by atoms with Crippen molar-refractivity contribution in [1.82, 2.24) is 4.90 Å². The van der Waals surface area contributed by atoms with E-state index in [0.717, 1.165) is 10.6 Å². The summed E-state index contributed by atoms with van der Waals surface area (Å²) in [4.78, 5) is 5.58. The third-order valence-corrected chi connectivity index (χ3v) is 6.13. The van der Waals surface area contributed by atoms with Gasteiger partial charge in [0, 0.05) is 36.4 Å². The van der Waals surface area contributed by atoms with Crippen molar-refractivity contribution in [3.8, 4) is 5.75 Å². The Balaban J connectivity index is 0.000000343. The molecule has 0 radical (unpaired) electrons. The molecule has 4 nitrogen and oxygen atoms in total. The first-order chi connectivity index (χ1) is 13.9. The van der Waals surface area contributed by atoms with Gasteiger partial charge in [0.15, 0.2) is 0 Å². The molecule has 3 aromatic rings. The minimum Gasteiger partial charge on any atom is -0.506 e. The summed E-state index contributed by atoms with van der Waals surface area (Å²) in [5.41, 5.74) is 1.98. The van der Waals surface area contributed by atoms with Crippen molar-refractivity contribution in [1.29, 1.82) is 0 Å². The summed E-state index contributed by atoms with van der Waals surface area (Å²) >= 11 is 7.34. The lowest BCUT2D eigenvalue weighted by molar-refractivity contribution is 0.418. The number of aromatic hydroxyl groups is 1. The number of nitrogens with one attached hydrogen (secondary N) is 1. The van der Waals surface area contributed by atoms with Gasteiger partial charge in [0.2, 0.25) is 0 Å². The molecule has 1 aliphatic rings. The lowest BCUT2D eigenvalue weighted by Crippen LogP contribution is -2.10. The normalized spacial score (nSPS) is 13.8. The van der Waals surface area contributed by atoms with Crippen LogP contribution in [0.2, 0.25) is 5.02 Å². The topological polar surface area (TPSA) is 38.7 Å². The third kappa shape index (κ3) is 5.95. The van der Waals surface area contributed by atoms with E-state index in [9.17, 15) is 5.11 Å². The fourth-order valence-corrected chi connectivity index (χ4v) is 4.09. The van der Waals surface area contributed by atoms with Crippen LogP contribution in [-0.4, -0.2) is 44.2 Å². The number of phenols is 1. The van der Waals surface area contributed by atoms with E-state index < -0.39 is 0 Å². The molecule has 0 spiro atoms. The maximum Gasteiger partial charge on any atom is 0.136 e. The predicted octanol–water partition coefficient (Wildman–Crippen LogP) is 6.10. The second-order valence-corrected chi connectivity index (χ2v) is 8.69. The van der Waals surface area contributed by atoms with Crippen molar-refractivity contribution in [3.05, 3.63) is 59.6 Å². The molecule has 3 aromatic carbocycles. The molecule has 6 heteroatoms. The second kappa shape index (κ2) is 10.1. The number of hydrogen-bond donors (Lipinski definition) is 2. The quantitative estimate of drug-likeness (QED) is 0.490. The summed E-state index contributed by atoms with van der Waals surface area (Å²) in [5.74, 6) is 0.0748. The van der Waals surface area contributed by atoms with Crippen molar-refractivity contribution in [2.24, 2.45) is 0 Å². The van der Waals surface area contributed by atoms with E-state index in [0.29, 0.717) is 5.02 Å². The molecule has 0 amide bonds. The van der Waals surface area contributed by atoms with Gasteiger partial charge in [-0.15, -0.1) is 0 Å². The van der Waals surface area contributed by atoms with E-state index >= 15 is 0 Å². The van der Waals surface area contributed by atoms with Gasteiger partial charge < -0.3 is 19.6 Å². The number of halogens is 1. The molecule has 0 unspecified atom stereocenters. The average molecular weight is 430 g/mol. The van der Waals surface area contributed by atoms with Crippen molar-refractivity contribution >= 4 is 45.7 Å². The molecular weight excluding hydrogens is 402 g/mol. The lowest BCUT2D eigenvalue weighted by atomic mass is 10.1. The molecule has 0 atom stereocenters. The molecule has 0 bridgehead atoms. The molecule has 154 valence electrons. The Morgan fingerprint density at radius 1 is 1.03 bits per heavy atom. The standard InChI is InChI=1S/C18H17ClN2OS.C5H11N/c1-21(2)14-7-8-15-12(10-14)4-3-5-18(15)23-20-13-6-9-16(19)17(22)11-13;1-6-4-2-3-5-6/h3-11,20,22H,1-2H3;2-5H2,1H3. The summed E-state index contributed by atoms with van der Waals surface area (Å²) in [6.07, 6.45) is 2.83. The van der Waals surface area contributed by atoms with Gasteiger partial charge in [0.1, 0.15) is 5.75 Å². The number of likely N-dealkylation sites (tertiary alicyclic amines) is 1. The zero-order chi connectivity index (χ0) is 20.8. The lowest BCUT2D eigenvalue weighted by Gasteiger charge is -2.14. The fourth-order valence-electron chi connectivity index (χ4n) is 3.17. The SMILES string of the molecule is CN(C)c1ccc2c(SNc3ccc(Cl)c(O)c3)cccc2c1.CN1CCCC1. The second-order valence-electron chi connectivity index (χ2n) is 7.44. The van der Waals surface area contributed by atoms with Crippen LogP contribution < -0.4 is 9.62 Å². The molecule has 0 aliphatic carbocycles. The number of hydrogen-bond acceptors (Lipinski definition) is 5. The molecule has 29 heavy (non-hydrogen) atoms. The number of nitrogens with zero attached hydrogens (tertiary/aromatic N) is 2. The van der Waals surface area contributed by atoms with Gasteiger partial charge in [0.05, 0.1) is 5.02 Å². The summed E-state index contributed by atoms with van der Waals surface area (Å²) < 4.78 is 3.25. The zero-order valence-electron chi connectivity index (χ0n) is 17.2. The van der Waals surface area contributed by atoms with E-state index in [-0.39, 0.29) is 5.75 Å². The molecule has 2 N–H and O–H groups in total. The Kier molecular flexibility index (Phi) is 7.53. The zero-order valence-corrected chi connectivity index (χ0v) is 18.7. The first-order valence-electron chi connectivity index (χ1n) is 9.74. The van der Waals surface area contributed by atoms with Crippen molar-refractivity contribution in [3.63, 3.8) is 0 Å². The highest BCUT2D eigenvalue weighted by Crippen LogP contribution is 2.33. The molecule has 0 aromatic heterocycles. The first kappa shape index (κ1) is 21.6. The van der Waals surface area contributed by atoms with Gasteiger partial charge in [-0.2, -0.15) is 0 Å². The van der Waals surface area contributed by atoms with Crippen molar-refractivity contribution < 1.29 is 5.11 Å². The smallest absolute Gasteiger partial charge is 0.136 e. The van der Waals surface area contributed by atoms with Gasteiger partial charge >= 0.3 is 0 Å². The van der Waals surface area contributed by atoms with Crippen LogP contribution in [0.1, 0.15) is 12.8 Å². The van der Waals surface area contributed by atoms with E-state index in [2.05, 4.69) is 51.9 Å². The molecule has 4 rings (SSSR count). The van der Waals surface area contributed by atoms with Crippen LogP contribution in [0.15, 0.2) is 59.5 Å². The molecule has 1 fully saturated rings. The number of phenolic OH excluding ortho intramolecular Hbond substituents is 1. The number of rotatable bonds is 4. The van der Waals surface area contributed by atoms with Crippen LogP contribution >= 0.6 is 23.5 Å².